The maximum absolute atomic E-state index is 10.8. The number of rotatable bonds is 4. The Morgan fingerprint density at radius 1 is 1.33 bits per heavy atom. The number of nitrogens with zero attached hydrogens (tertiary/aromatic N) is 5. The topological polar surface area (TPSA) is 183 Å². The van der Waals surface area contributed by atoms with Crippen molar-refractivity contribution in [3.63, 3.8) is 0 Å². The molecule has 0 fully saturated rings. The molecule has 0 saturated heterocycles. The van der Waals surface area contributed by atoms with Crippen LogP contribution < -0.4 is 16.3 Å². The van der Waals surface area contributed by atoms with Crippen molar-refractivity contribution in [2.24, 2.45) is 5.16 Å². The summed E-state index contributed by atoms with van der Waals surface area (Å²) in [5.74, 6) is -3.62. The van der Waals surface area contributed by atoms with E-state index in [2.05, 4.69) is 35.9 Å². The highest BCUT2D eigenvalue weighted by molar-refractivity contribution is 5.89. The van der Waals surface area contributed by atoms with E-state index >= 15 is 0 Å². The zero-order valence-electron chi connectivity index (χ0n) is 8.26. The van der Waals surface area contributed by atoms with Crippen LogP contribution in [0, 0.1) is 20.2 Å². The minimum atomic E-state index is -2.93. The van der Waals surface area contributed by atoms with Crippen molar-refractivity contribution in [3.05, 3.63) is 26.4 Å². The van der Waals surface area contributed by atoms with Crippen molar-refractivity contribution in [1.82, 2.24) is 21.2 Å². The van der Waals surface area contributed by atoms with Crippen LogP contribution in [0.4, 0.5) is 5.82 Å². The number of hydrogen-bond donors (Lipinski definition) is 3. The molecule has 96 valence electrons. The molecular formula is C4H4N8O6. The molecule has 0 saturated carbocycles. The highest BCUT2D eigenvalue weighted by Gasteiger charge is 2.68. The molecule has 1 aliphatic rings. The molecule has 0 amide bonds. The summed E-state index contributed by atoms with van der Waals surface area (Å²) >= 11 is 0. The van der Waals surface area contributed by atoms with Crippen molar-refractivity contribution in [2.75, 3.05) is 5.43 Å². The largest absolute Gasteiger partial charge is 0.616 e. The molecule has 0 aliphatic carbocycles. The lowest BCUT2D eigenvalue weighted by atomic mass is 10.3. The predicted molar refractivity (Wildman–Crippen MR) is 49.4 cm³/mol. The first kappa shape index (κ1) is 11.5. The second-order valence-electron chi connectivity index (χ2n) is 2.86. The number of anilines is 1. The summed E-state index contributed by atoms with van der Waals surface area (Å²) < 4.78 is 4.22. The highest BCUT2D eigenvalue weighted by atomic mass is 16.8. The third-order valence-electron chi connectivity index (χ3n) is 1.85. The van der Waals surface area contributed by atoms with Gasteiger partial charge in [0.1, 0.15) is 16.0 Å². The molecule has 0 bridgehead atoms. The van der Waals surface area contributed by atoms with Gasteiger partial charge in [0, 0.05) is 5.48 Å². The Labute approximate surface area is 96.1 Å². The number of oxime groups is 1. The van der Waals surface area contributed by atoms with E-state index in [1.54, 1.807) is 5.48 Å². The molecule has 0 aromatic carbocycles. The summed E-state index contributed by atoms with van der Waals surface area (Å²) in [4.78, 5) is 23.3. The van der Waals surface area contributed by atoms with Gasteiger partial charge < -0.3 is 0 Å². The number of aromatic nitrogens is 2. The van der Waals surface area contributed by atoms with Crippen LogP contribution in [-0.2, 0) is 4.94 Å². The van der Waals surface area contributed by atoms with E-state index in [4.69, 9.17) is 0 Å². The standard InChI is InChI=1S/C4H4N8O6/c13-11(14)4(12(15)16)3(9-18-10-4)7-6-2-1-5-17-8-2/h1,10H,(H,6,8)(H,7,9). The number of hydroxylamine groups is 1. The summed E-state index contributed by atoms with van der Waals surface area (Å²) in [7, 11) is 0. The fraction of sp³-hybridized carbons (Fsp3) is 0.250. The van der Waals surface area contributed by atoms with Crippen LogP contribution in [-0.4, -0.2) is 31.8 Å². The van der Waals surface area contributed by atoms with Gasteiger partial charge in [0.25, 0.3) is 0 Å². The summed E-state index contributed by atoms with van der Waals surface area (Å²) in [5.41, 5.74) is 5.94. The molecule has 0 radical (unpaired) electrons. The summed E-state index contributed by atoms with van der Waals surface area (Å²) in [5, 5.41) is 31.2. The fourth-order valence-electron chi connectivity index (χ4n) is 1.01. The first-order valence-corrected chi connectivity index (χ1v) is 4.17. The van der Waals surface area contributed by atoms with Gasteiger partial charge in [-0.2, -0.15) is 0 Å². The van der Waals surface area contributed by atoms with Gasteiger partial charge in [-0.1, -0.05) is 5.16 Å². The molecule has 0 spiro atoms. The quantitative estimate of drug-likeness (QED) is 0.310. The maximum atomic E-state index is 10.8. The van der Waals surface area contributed by atoms with Crippen molar-refractivity contribution < 1.29 is 19.4 Å². The molecule has 2 heterocycles. The fourth-order valence-corrected chi connectivity index (χ4v) is 1.01. The zero-order valence-corrected chi connectivity index (χ0v) is 8.26. The van der Waals surface area contributed by atoms with Crippen molar-refractivity contribution >= 4 is 11.7 Å². The van der Waals surface area contributed by atoms with Crippen LogP contribution in [0.15, 0.2) is 16.0 Å². The molecular weight excluding hydrogens is 256 g/mol. The monoisotopic (exact) mass is 260 g/mol. The molecule has 0 atom stereocenters. The third kappa shape index (κ3) is 1.61. The Kier molecular flexibility index (Phi) is 2.60. The van der Waals surface area contributed by atoms with E-state index in [9.17, 15) is 20.2 Å². The normalized spacial score (nSPS) is 16.6. The average Bonchev–Trinajstić information content (AvgIpc) is 2.95. The van der Waals surface area contributed by atoms with Crippen LogP contribution in [0.25, 0.3) is 0 Å². The molecule has 3 N–H and O–H groups in total. The Morgan fingerprint density at radius 2 is 2.06 bits per heavy atom. The summed E-state index contributed by atoms with van der Waals surface area (Å²) in [6, 6.07) is 0. The number of nitrogens with one attached hydrogen (secondary N) is 3. The van der Waals surface area contributed by atoms with E-state index < -0.39 is 21.5 Å². The highest BCUT2D eigenvalue weighted by Crippen LogP contribution is 2.14. The lowest BCUT2D eigenvalue weighted by molar-refractivity contribution is -0.785. The lowest BCUT2D eigenvalue weighted by Gasteiger charge is -2.11. The van der Waals surface area contributed by atoms with Gasteiger partial charge in [-0.05, 0) is 10.3 Å². The minimum absolute atomic E-state index is 0.0326. The third-order valence-corrected chi connectivity index (χ3v) is 1.85. The zero-order chi connectivity index (χ0) is 13.2. The van der Waals surface area contributed by atoms with Crippen LogP contribution in [0.5, 0.6) is 0 Å². The van der Waals surface area contributed by atoms with Gasteiger partial charge in [-0.3, -0.25) is 36.0 Å². The van der Waals surface area contributed by atoms with Crippen molar-refractivity contribution in [3.8, 4) is 0 Å². The van der Waals surface area contributed by atoms with E-state index in [0.717, 1.165) is 6.20 Å². The van der Waals surface area contributed by atoms with Gasteiger partial charge in [0.05, 0.1) is 0 Å². The van der Waals surface area contributed by atoms with E-state index in [-0.39, 0.29) is 5.82 Å². The van der Waals surface area contributed by atoms with Gasteiger partial charge in [0.2, 0.25) is 5.82 Å². The second-order valence-corrected chi connectivity index (χ2v) is 2.86. The van der Waals surface area contributed by atoms with Gasteiger partial charge in [-0.25, -0.2) is 4.63 Å². The smallest absolute Gasteiger partial charge is 0.284 e. The summed E-state index contributed by atoms with van der Waals surface area (Å²) in [6.07, 6.45) is 1.12. The molecule has 1 aliphatic heterocycles. The predicted octanol–water partition coefficient (Wildman–Crippen LogP) is -1.96. The SMILES string of the molecule is O=[N+]([O-])C1([N+](=O)[O-])NON=C1NNc1cnon1. The van der Waals surface area contributed by atoms with Crippen LogP contribution in [0.1, 0.15) is 0 Å². The van der Waals surface area contributed by atoms with Gasteiger partial charge >= 0.3 is 11.6 Å². The minimum Gasteiger partial charge on any atom is -0.284 e. The van der Waals surface area contributed by atoms with Crippen molar-refractivity contribution in [2.45, 2.75) is 5.79 Å². The van der Waals surface area contributed by atoms with Crippen LogP contribution >= 0.6 is 0 Å². The molecule has 2 rings (SSSR count). The van der Waals surface area contributed by atoms with E-state index in [1.807, 2.05) is 0 Å². The number of nitro groups is 2. The van der Waals surface area contributed by atoms with Crippen LogP contribution in [0.3, 0.4) is 0 Å². The first-order chi connectivity index (χ1) is 8.57. The van der Waals surface area contributed by atoms with Crippen molar-refractivity contribution in [1.29, 1.82) is 0 Å². The molecule has 14 heteroatoms. The summed E-state index contributed by atoms with van der Waals surface area (Å²) in [6.45, 7) is 0. The number of hydrogen-bond acceptors (Lipinski definition) is 12. The Morgan fingerprint density at radius 3 is 2.61 bits per heavy atom. The van der Waals surface area contributed by atoms with Crippen LogP contribution in [0.2, 0.25) is 0 Å². The molecule has 1 aromatic rings. The Bertz CT molecular complexity index is 482. The molecule has 1 aromatic heterocycles. The number of hydrazine groups is 1. The van der Waals surface area contributed by atoms with E-state index in [1.165, 1.54) is 0 Å². The second kappa shape index (κ2) is 4.09. The first-order valence-electron chi connectivity index (χ1n) is 4.17. The number of amidine groups is 1. The van der Waals surface area contributed by atoms with Gasteiger partial charge in [0.15, 0.2) is 0 Å². The maximum Gasteiger partial charge on any atom is 0.616 e. The average molecular weight is 260 g/mol. The lowest BCUT2D eigenvalue weighted by Crippen LogP contribution is -2.64. The molecule has 0 unspecified atom stereocenters. The van der Waals surface area contributed by atoms with Gasteiger partial charge in [-0.15, -0.1) is 0 Å². The van der Waals surface area contributed by atoms with E-state index in [0.29, 0.717) is 0 Å². The molecule has 18 heavy (non-hydrogen) atoms. The molecule has 14 nitrogen and oxygen atoms in total. The Hall–Kier alpha value is -3.03. The Balaban J connectivity index is 2.16.